The highest BCUT2D eigenvalue weighted by atomic mass is 16.4. The van der Waals surface area contributed by atoms with Crippen LogP contribution in [0.2, 0.25) is 0 Å². The molecule has 9 heavy (non-hydrogen) atoms. The fourth-order valence-corrected chi connectivity index (χ4v) is 0.674. The van der Waals surface area contributed by atoms with Gasteiger partial charge in [-0.05, 0) is 12.8 Å². The van der Waals surface area contributed by atoms with E-state index in [1.54, 1.807) is 0 Å². The molecule has 1 N–H and O–H groups in total. The van der Waals surface area contributed by atoms with Crippen molar-refractivity contribution < 1.29 is 14.7 Å². The molecule has 1 rings (SSSR count). The average molecular weight is 126 g/mol. The van der Waals surface area contributed by atoms with Gasteiger partial charge >= 0.3 is 5.97 Å². The van der Waals surface area contributed by atoms with Gasteiger partial charge in [0.1, 0.15) is 11.5 Å². The molecule has 0 aliphatic heterocycles. The first-order chi connectivity index (χ1) is 4.25. The zero-order valence-corrected chi connectivity index (χ0v) is 4.76. The Labute approximate surface area is 52.0 Å². The number of hydrogen-bond acceptors (Lipinski definition) is 2. The lowest BCUT2D eigenvalue weighted by Gasteiger charge is -1.87. The fraction of sp³-hybridized carbons (Fsp3) is 0.500. The summed E-state index contributed by atoms with van der Waals surface area (Å²) in [5, 5.41) is 8.28. The summed E-state index contributed by atoms with van der Waals surface area (Å²) in [6, 6.07) is 0. The number of carboxylic acid groups (broad SMARTS) is 1. The van der Waals surface area contributed by atoms with Crippen molar-refractivity contribution in [2.24, 2.45) is 5.92 Å². The van der Waals surface area contributed by atoms with Gasteiger partial charge in [0.25, 0.3) is 0 Å². The Morgan fingerprint density at radius 2 is 2.11 bits per heavy atom. The third-order valence-corrected chi connectivity index (χ3v) is 1.33. The molecule has 3 nitrogen and oxygen atoms in total. The summed E-state index contributed by atoms with van der Waals surface area (Å²) in [6.45, 7) is 0. The number of aliphatic carboxylic acids is 1. The standard InChI is InChI=1S/C6H6O3/c7-3-5(6(8)9)4-1-2-4/h4H,1-2H2,(H,8,9). The molecule has 0 atom stereocenters. The van der Waals surface area contributed by atoms with Crippen molar-refractivity contribution in [3.8, 4) is 0 Å². The van der Waals surface area contributed by atoms with Gasteiger partial charge in [0, 0.05) is 5.92 Å². The monoisotopic (exact) mass is 126 g/mol. The molecule has 0 amide bonds. The van der Waals surface area contributed by atoms with E-state index >= 15 is 0 Å². The maximum absolute atomic E-state index is 10.1. The predicted octanol–water partition coefficient (Wildman–Crippen LogP) is 0.239. The minimum atomic E-state index is -1.12. The normalized spacial score (nSPS) is 16.4. The molecule has 3 heteroatoms. The van der Waals surface area contributed by atoms with E-state index in [-0.39, 0.29) is 11.5 Å². The van der Waals surface area contributed by atoms with Gasteiger partial charge in [-0.3, -0.25) is 0 Å². The summed E-state index contributed by atoms with van der Waals surface area (Å²) in [7, 11) is 0. The summed E-state index contributed by atoms with van der Waals surface area (Å²) < 4.78 is 0. The zero-order valence-electron chi connectivity index (χ0n) is 4.76. The Kier molecular flexibility index (Phi) is 1.37. The van der Waals surface area contributed by atoms with Crippen LogP contribution < -0.4 is 0 Å². The van der Waals surface area contributed by atoms with Gasteiger partial charge in [0.15, 0.2) is 0 Å². The van der Waals surface area contributed by atoms with Crippen LogP contribution in [-0.4, -0.2) is 17.0 Å². The van der Waals surface area contributed by atoms with E-state index in [0.717, 1.165) is 12.8 Å². The second-order valence-electron chi connectivity index (χ2n) is 2.10. The van der Waals surface area contributed by atoms with Gasteiger partial charge < -0.3 is 5.11 Å². The van der Waals surface area contributed by atoms with Gasteiger partial charge in [0.05, 0.1) is 0 Å². The summed E-state index contributed by atoms with van der Waals surface area (Å²) in [5.74, 6) is 0.312. The van der Waals surface area contributed by atoms with Crippen molar-refractivity contribution in [3.63, 3.8) is 0 Å². The molecule has 1 fully saturated rings. The molecule has 0 radical (unpaired) electrons. The molecule has 0 saturated heterocycles. The van der Waals surface area contributed by atoms with E-state index in [4.69, 9.17) is 5.11 Å². The van der Waals surface area contributed by atoms with Gasteiger partial charge in [-0.2, -0.15) is 0 Å². The molecule has 0 unspecified atom stereocenters. The molecule has 48 valence electrons. The highest BCUT2D eigenvalue weighted by molar-refractivity contribution is 5.96. The third-order valence-electron chi connectivity index (χ3n) is 1.33. The third kappa shape index (κ3) is 1.18. The largest absolute Gasteiger partial charge is 0.477 e. The SMILES string of the molecule is O=C=C(C(=O)O)C1CC1. The first-order valence-electron chi connectivity index (χ1n) is 2.74. The van der Waals surface area contributed by atoms with Crippen LogP contribution in [0.4, 0.5) is 0 Å². The summed E-state index contributed by atoms with van der Waals surface area (Å²) in [5.41, 5.74) is -0.0880. The molecule has 0 aromatic rings. The summed E-state index contributed by atoms with van der Waals surface area (Å²) in [4.78, 5) is 20.0. The van der Waals surface area contributed by atoms with E-state index in [9.17, 15) is 9.59 Å². The van der Waals surface area contributed by atoms with Crippen molar-refractivity contribution in [3.05, 3.63) is 5.57 Å². The zero-order chi connectivity index (χ0) is 6.85. The van der Waals surface area contributed by atoms with E-state index in [2.05, 4.69) is 0 Å². The lowest BCUT2D eigenvalue weighted by atomic mass is 10.2. The van der Waals surface area contributed by atoms with E-state index in [0.29, 0.717) is 0 Å². The van der Waals surface area contributed by atoms with Gasteiger partial charge in [-0.1, -0.05) is 0 Å². The molecular formula is C6H6O3. The lowest BCUT2D eigenvalue weighted by molar-refractivity contribution is -0.132. The smallest absolute Gasteiger partial charge is 0.343 e. The van der Waals surface area contributed by atoms with Crippen LogP contribution in [0.3, 0.4) is 0 Å². The number of carbonyl (C=O) groups excluding carboxylic acids is 1. The highest BCUT2D eigenvalue weighted by Crippen LogP contribution is 2.34. The topological polar surface area (TPSA) is 54.4 Å². The van der Waals surface area contributed by atoms with Crippen LogP contribution in [0.1, 0.15) is 12.8 Å². The second-order valence-corrected chi connectivity index (χ2v) is 2.10. The van der Waals surface area contributed by atoms with Crippen LogP contribution in [0.25, 0.3) is 0 Å². The van der Waals surface area contributed by atoms with Crippen LogP contribution in [0.15, 0.2) is 5.57 Å². The Morgan fingerprint density at radius 1 is 1.56 bits per heavy atom. The number of carboxylic acids is 1. The molecule has 1 saturated carbocycles. The van der Waals surface area contributed by atoms with Crippen LogP contribution >= 0.6 is 0 Å². The van der Waals surface area contributed by atoms with Crippen molar-refractivity contribution in [1.82, 2.24) is 0 Å². The van der Waals surface area contributed by atoms with Gasteiger partial charge in [-0.15, -0.1) is 0 Å². The Morgan fingerprint density at radius 3 is 2.22 bits per heavy atom. The second kappa shape index (κ2) is 2.03. The number of hydrogen-bond donors (Lipinski definition) is 1. The van der Waals surface area contributed by atoms with Crippen LogP contribution in [-0.2, 0) is 9.59 Å². The van der Waals surface area contributed by atoms with Crippen molar-refractivity contribution in [2.75, 3.05) is 0 Å². The molecule has 1 aliphatic rings. The maximum atomic E-state index is 10.1. The molecular weight excluding hydrogens is 120 g/mol. The molecule has 1 aliphatic carbocycles. The van der Waals surface area contributed by atoms with E-state index in [1.807, 2.05) is 0 Å². The quantitative estimate of drug-likeness (QED) is 0.426. The first-order valence-corrected chi connectivity index (χ1v) is 2.74. The molecule has 0 aromatic heterocycles. The summed E-state index contributed by atoms with van der Waals surface area (Å²) in [6.07, 6.45) is 1.66. The summed E-state index contributed by atoms with van der Waals surface area (Å²) >= 11 is 0. The van der Waals surface area contributed by atoms with E-state index < -0.39 is 5.97 Å². The molecule has 0 heterocycles. The maximum Gasteiger partial charge on any atom is 0.343 e. The Bertz CT molecular complexity index is 184. The van der Waals surface area contributed by atoms with Gasteiger partial charge in [0.2, 0.25) is 0 Å². The highest BCUT2D eigenvalue weighted by Gasteiger charge is 2.31. The van der Waals surface area contributed by atoms with Crippen molar-refractivity contribution in [1.29, 1.82) is 0 Å². The lowest BCUT2D eigenvalue weighted by Crippen LogP contribution is -2.02. The Hall–Kier alpha value is -1.08. The number of carbonyl (C=O) groups is 1. The van der Waals surface area contributed by atoms with Crippen molar-refractivity contribution >= 4 is 11.9 Å². The minimum absolute atomic E-state index is 0.000000000000000444. The molecule has 0 spiro atoms. The Balaban J connectivity index is 2.70. The van der Waals surface area contributed by atoms with Crippen LogP contribution in [0, 0.1) is 5.92 Å². The van der Waals surface area contributed by atoms with E-state index in [1.165, 1.54) is 5.94 Å². The van der Waals surface area contributed by atoms with Gasteiger partial charge in [-0.25, -0.2) is 9.59 Å². The minimum Gasteiger partial charge on any atom is -0.477 e. The fourth-order valence-electron chi connectivity index (χ4n) is 0.674. The predicted molar refractivity (Wildman–Crippen MR) is 29.6 cm³/mol. The van der Waals surface area contributed by atoms with Crippen molar-refractivity contribution in [2.45, 2.75) is 12.8 Å². The molecule has 0 bridgehead atoms. The first kappa shape index (κ1) is 6.05. The number of rotatable bonds is 2. The van der Waals surface area contributed by atoms with Crippen LogP contribution in [0.5, 0.6) is 0 Å². The average Bonchev–Trinajstić information content (AvgIpc) is 2.50. The molecule has 0 aromatic carbocycles.